The maximum Gasteiger partial charge on any atom is 0.150 e. The van der Waals surface area contributed by atoms with E-state index >= 15 is 0 Å². The van der Waals surface area contributed by atoms with Crippen molar-refractivity contribution in [2.24, 2.45) is 0 Å². The monoisotopic (exact) mass is 434 g/mol. The summed E-state index contributed by atoms with van der Waals surface area (Å²) in [6, 6.07) is 8.07. The van der Waals surface area contributed by atoms with Crippen molar-refractivity contribution in [3.63, 3.8) is 0 Å². The highest BCUT2D eigenvalue weighted by atomic mass is 35.5. The predicted octanol–water partition coefficient (Wildman–Crippen LogP) is 5.07. The van der Waals surface area contributed by atoms with E-state index in [1.807, 2.05) is 0 Å². The third-order valence-electron chi connectivity index (χ3n) is 3.25. The van der Waals surface area contributed by atoms with Gasteiger partial charge in [0.1, 0.15) is 23.6 Å². The molecule has 1 atom stereocenters. The zero-order chi connectivity index (χ0) is 18.0. The summed E-state index contributed by atoms with van der Waals surface area (Å²) in [5.41, 5.74) is 1.32. The predicted molar refractivity (Wildman–Crippen MR) is 102 cm³/mol. The molecule has 1 heterocycles. The lowest BCUT2D eigenvalue weighted by atomic mass is 10.2. The first-order valence-corrected chi connectivity index (χ1v) is 9.54. The van der Waals surface area contributed by atoms with Gasteiger partial charge in [-0.3, -0.25) is 0 Å². The van der Waals surface area contributed by atoms with E-state index in [1.54, 1.807) is 41.3 Å². The summed E-state index contributed by atoms with van der Waals surface area (Å²) in [6.45, 7) is 0.387. The Labute approximate surface area is 166 Å². The minimum absolute atomic E-state index is 0.325. The van der Waals surface area contributed by atoms with Crippen LogP contribution in [0.15, 0.2) is 47.9 Å². The molecule has 1 unspecified atom stereocenters. The zero-order valence-corrected chi connectivity index (χ0v) is 16.3. The molecule has 0 fully saturated rings. The Kier molecular flexibility index (Phi) is 5.86. The van der Waals surface area contributed by atoms with Crippen molar-refractivity contribution < 1.29 is 4.21 Å². The molecule has 1 aromatic heterocycles. The number of nitrogens with one attached hydrogen (secondary N) is 1. The Morgan fingerprint density at radius 3 is 2.40 bits per heavy atom. The second-order valence-electron chi connectivity index (χ2n) is 4.96. The minimum Gasteiger partial charge on any atom is -0.301 e. The fourth-order valence-corrected chi connectivity index (χ4v) is 3.69. The van der Waals surface area contributed by atoms with E-state index in [-0.39, 0.29) is 0 Å². The number of rotatable bonds is 5. The molecule has 0 aliphatic rings. The standard InChI is InChI=1S/C15H10Cl4N4OS/c16-11-2-1-10(4-13(11)18)25(24)22-15-5-14(19)12(17)3-9(15)6-23-8-20-7-21-23/h1-5,7-8,22H,6H2. The van der Waals surface area contributed by atoms with Crippen LogP contribution in [0.4, 0.5) is 5.69 Å². The molecule has 0 bridgehead atoms. The van der Waals surface area contributed by atoms with Gasteiger partial charge < -0.3 is 4.72 Å². The number of aromatic nitrogens is 3. The van der Waals surface area contributed by atoms with Crippen LogP contribution in [0.2, 0.25) is 20.1 Å². The summed E-state index contributed by atoms with van der Waals surface area (Å²) >= 11 is 24.1. The van der Waals surface area contributed by atoms with Crippen LogP contribution in [0, 0.1) is 0 Å². The highest BCUT2D eigenvalue weighted by Gasteiger charge is 2.13. The molecule has 5 nitrogen and oxygen atoms in total. The maximum absolute atomic E-state index is 12.6. The van der Waals surface area contributed by atoms with Crippen LogP contribution in [-0.4, -0.2) is 19.0 Å². The van der Waals surface area contributed by atoms with Crippen molar-refractivity contribution >= 4 is 63.1 Å². The summed E-state index contributed by atoms with van der Waals surface area (Å²) < 4.78 is 17.2. The van der Waals surface area contributed by atoms with E-state index in [9.17, 15) is 4.21 Å². The fraction of sp³-hybridized carbons (Fsp3) is 0.0667. The number of hydrogen-bond donors (Lipinski definition) is 1. The Morgan fingerprint density at radius 2 is 1.72 bits per heavy atom. The van der Waals surface area contributed by atoms with Gasteiger partial charge in [0.25, 0.3) is 0 Å². The summed E-state index contributed by atoms with van der Waals surface area (Å²) in [4.78, 5) is 4.38. The summed E-state index contributed by atoms with van der Waals surface area (Å²) in [7, 11) is -1.57. The van der Waals surface area contributed by atoms with Crippen molar-refractivity contribution in [1.29, 1.82) is 0 Å². The van der Waals surface area contributed by atoms with Crippen LogP contribution in [0.5, 0.6) is 0 Å². The van der Waals surface area contributed by atoms with Crippen molar-refractivity contribution in [1.82, 2.24) is 14.8 Å². The van der Waals surface area contributed by atoms with Gasteiger partial charge in [-0.15, -0.1) is 0 Å². The molecule has 25 heavy (non-hydrogen) atoms. The highest BCUT2D eigenvalue weighted by Crippen LogP contribution is 2.31. The van der Waals surface area contributed by atoms with Crippen molar-refractivity contribution in [2.75, 3.05) is 4.72 Å². The normalized spacial score (nSPS) is 12.2. The van der Waals surface area contributed by atoms with Gasteiger partial charge in [-0.1, -0.05) is 46.4 Å². The first-order chi connectivity index (χ1) is 11.9. The van der Waals surface area contributed by atoms with E-state index in [1.165, 1.54) is 6.33 Å². The lowest BCUT2D eigenvalue weighted by molar-refractivity contribution is 0.682. The van der Waals surface area contributed by atoms with Gasteiger partial charge in [0.2, 0.25) is 0 Å². The average Bonchev–Trinajstić information content (AvgIpc) is 3.07. The molecule has 130 valence electrons. The fourth-order valence-electron chi connectivity index (χ4n) is 2.05. The first kappa shape index (κ1) is 18.5. The maximum atomic E-state index is 12.6. The van der Waals surface area contributed by atoms with Gasteiger partial charge in [-0.2, -0.15) is 5.10 Å². The molecular weight excluding hydrogens is 426 g/mol. The smallest absolute Gasteiger partial charge is 0.150 e. The molecule has 0 spiro atoms. The molecular formula is C15H10Cl4N4OS. The second-order valence-corrected chi connectivity index (χ2v) is 7.81. The molecule has 3 aromatic rings. The molecule has 10 heteroatoms. The SMILES string of the molecule is O=S(Nc1cc(Cl)c(Cl)cc1Cn1cncn1)c1ccc(Cl)c(Cl)c1. The van der Waals surface area contributed by atoms with Gasteiger partial charge in [-0.05, 0) is 35.9 Å². The number of nitrogens with zero attached hydrogens (tertiary/aromatic N) is 3. The average molecular weight is 436 g/mol. The molecule has 0 saturated carbocycles. The Morgan fingerprint density at radius 1 is 1.00 bits per heavy atom. The third kappa shape index (κ3) is 4.46. The number of anilines is 1. The van der Waals surface area contributed by atoms with Crippen LogP contribution in [0.1, 0.15) is 5.56 Å². The van der Waals surface area contributed by atoms with Crippen LogP contribution in [0.3, 0.4) is 0 Å². The topological polar surface area (TPSA) is 59.8 Å². The van der Waals surface area contributed by atoms with Gasteiger partial charge in [0.15, 0.2) is 0 Å². The largest absolute Gasteiger partial charge is 0.301 e. The van der Waals surface area contributed by atoms with E-state index in [0.717, 1.165) is 5.56 Å². The summed E-state index contributed by atoms with van der Waals surface area (Å²) in [5, 5.41) is 5.51. The van der Waals surface area contributed by atoms with Gasteiger partial charge in [-0.25, -0.2) is 13.9 Å². The number of hydrogen-bond acceptors (Lipinski definition) is 3. The number of benzene rings is 2. The van der Waals surface area contributed by atoms with Crippen molar-refractivity contribution in [3.05, 3.63) is 68.6 Å². The zero-order valence-electron chi connectivity index (χ0n) is 12.4. The van der Waals surface area contributed by atoms with E-state index in [2.05, 4.69) is 14.8 Å². The molecule has 3 rings (SSSR count). The van der Waals surface area contributed by atoms with Crippen molar-refractivity contribution in [3.8, 4) is 0 Å². The van der Waals surface area contributed by atoms with Crippen LogP contribution >= 0.6 is 46.4 Å². The summed E-state index contributed by atoms with van der Waals surface area (Å²) in [6.07, 6.45) is 3.00. The van der Waals surface area contributed by atoms with Crippen LogP contribution in [-0.2, 0) is 17.5 Å². The quantitative estimate of drug-likeness (QED) is 0.608. The van der Waals surface area contributed by atoms with Crippen LogP contribution in [0.25, 0.3) is 0 Å². The molecule has 2 aromatic carbocycles. The Bertz CT molecular complexity index is 934. The molecule has 1 N–H and O–H groups in total. The Balaban J connectivity index is 1.91. The lowest BCUT2D eigenvalue weighted by Gasteiger charge is -2.13. The minimum atomic E-state index is -1.57. The molecule has 0 radical (unpaired) electrons. The third-order valence-corrected chi connectivity index (χ3v) is 5.80. The number of halogens is 4. The second kappa shape index (κ2) is 7.93. The molecule has 0 aliphatic carbocycles. The first-order valence-electron chi connectivity index (χ1n) is 6.88. The molecule has 0 aliphatic heterocycles. The lowest BCUT2D eigenvalue weighted by Crippen LogP contribution is -2.09. The summed E-state index contributed by atoms with van der Waals surface area (Å²) in [5.74, 6) is 0. The van der Waals surface area contributed by atoms with Gasteiger partial charge in [0, 0.05) is 0 Å². The van der Waals surface area contributed by atoms with Crippen molar-refractivity contribution in [2.45, 2.75) is 11.4 Å². The van der Waals surface area contributed by atoms with E-state index < -0.39 is 11.0 Å². The van der Waals surface area contributed by atoms with Gasteiger partial charge >= 0.3 is 0 Å². The van der Waals surface area contributed by atoms with Gasteiger partial charge in [0.05, 0.1) is 37.2 Å². The van der Waals surface area contributed by atoms with E-state index in [0.29, 0.717) is 37.2 Å². The van der Waals surface area contributed by atoms with E-state index in [4.69, 9.17) is 46.4 Å². The molecule has 0 amide bonds. The van der Waals surface area contributed by atoms with Crippen LogP contribution < -0.4 is 4.72 Å². The Hall–Kier alpha value is -1.31. The molecule has 0 saturated heterocycles. The highest BCUT2D eigenvalue weighted by molar-refractivity contribution is 7.86.